The highest BCUT2D eigenvalue weighted by Gasteiger charge is 2.36. The van der Waals surface area contributed by atoms with E-state index in [4.69, 9.17) is 4.74 Å². The van der Waals surface area contributed by atoms with Crippen LogP contribution in [0.4, 0.5) is 13.2 Å². The summed E-state index contributed by atoms with van der Waals surface area (Å²) in [6.45, 7) is 2.68. The number of fused-ring (bicyclic) bond motifs is 1. The number of hydrogen-bond donors (Lipinski definition) is 0. The fraction of sp³-hybridized carbons (Fsp3) is 0.750. The number of aryl methyl sites for hydroxylation is 1. The number of ether oxygens (including phenoxy) is 1. The summed E-state index contributed by atoms with van der Waals surface area (Å²) >= 11 is 0. The van der Waals surface area contributed by atoms with E-state index >= 15 is 0 Å². The molecule has 0 bridgehead atoms. The van der Waals surface area contributed by atoms with Gasteiger partial charge in [-0.2, -0.15) is 13.2 Å². The lowest BCUT2D eigenvalue weighted by molar-refractivity contribution is -0.142. The number of nitrogens with zero attached hydrogens (tertiary/aromatic N) is 3. The van der Waals surface area contributed by atoms with Gasteiger partial charge in [-0.3, -0.25) is 4.79 Å². The van der Waals surface area contributed by atoms with Gasteiger partial charge in [0.25, 0.3) is 0 Å². The van der Waals surface area contributed by atoms with Crippen LogP contribution in [0.3, 0.4) is 0 Å². The summed E-state index contributed by atoms with van der Waals surface area (Å²) in [6.07, 6.45) is -0.290. The number of carbonyl (C=O) groups is 1. The van der Waals surface area contributed by atoms with E-state index < -0.39 is 11.9 Å². The molecule has 0 spiro atoms. The number of aromatic nitrogens is 2. The van der Waals surface area contributed by atoms with Gasteiger partial charge in [0.1, 0.15) is 5.82 Å². The second-order valence-corrected chi connectivity index (χ2v) is 6.80. The lowest BCUT2D eigenvalue weighted by Gasteiger charge is -2.28. The zero-order valence-electron chi connectivity index (χ0n) is 13.7. The summed E-state index contributed by atoms with van der Waals surface area (Å²) in [5.74, 6) is 0.709. The highest BCUT2D eigenvalue weighted by atomic mass is 19.4. The Hall–Kier alpha value is -1.57. The molecule has 3 heterocycles. The molecule has 0 aliphatic carbocycles. The molecule has 0 radical (unpaired) electrons. The summed E-state index contributed by atoms with van der Waals surface area (Å²) < 4.78 is 44.8. The summed E-state index contributed by atoms with van der Waals surface area (Å²) in [6, 6.07) is 0. The molecule has 0 amide bonds. The maximum atomic E-state index is 12.7. The molecule has 2 atom stereocenters. The van der Waals surface area contributed by atoms with E-state index in [9.17, 15) is 18.0 Å². The van der Waals surface area contributed by atoms with Crippen molar-refractivity contribution in [2.24, 2.45) is 11.8 Å². The maximum Gasteiger partial charge on any atom is 0.434 e. The SMILES string of the molecule is CN(CC[C@@H]1CCOC1=O)C[C@@H]1CCc2nc(C(F)(F)F)cn2C1. The van der Waals surface area contributed by atoms with Crippen molar-refractivity contribution in [3.05, 3.63) is 17.7 Å². The Morgan fingerprint density at radius 3 is 2.88 bits per heavy atom. The average Bonchev–Trinajstić information content (AvgIpc) is 3.10. The smallest absolute Gasteiger partial charge is 0.434 e. The van der Waals surface area contributed by atoms with Gasteiger partial charge in [-0.05, 0) is 38.8 Å². The molecule has 134 valence electrons. The number of alkyl halides is 3. The van der Waals surface area contributed by atoms with Crippen LogP contribution in [0.15, 0.2) is 6.20 Å². The third-order valence-corrected chi connectivity index (χ3v) is 4.85. The lowest BCUT2D eigenvalue weighted by Crippen LogP contribution is -2.33. The second kappa shape index (κ2) is 6.74. The highest BCUT2D eigenvalue weighted by Crippen LogP contribution is 2.30. The number of carbonyl (C=O) groups excluding carboxylic acids is 1. The number of cyclic esters (lactones) is 1. The monoisotopic (exact) mass is 345 g/mol. The first kappa shape index (κ1) is 17.3. The topological polar surface area (TPSA) is 47.4 Å². The van der Waals surface area contributed by atoms with E-state index in [2.05, 4.69) is 9.88 Å². The van der Waals surface area contributed by atoms with E-state index in [1.807, 2.05) is 7.05 Å². The van der Waals surface area contributed by atoms with Gasteiger partial charge < -0.3 is 14.2 Å². The standard InChI is InChI=1S/C16H22F3N3O2/c1-21(6-4-12-5-7-24-15(12)23)8-11-2-3-14-20-13(16(17,18)19)10-22(14)9-11/h10-12H,2-9H2,1H3/t11-,12+/m0/s1. The van der Waals surface area contributed by atoms with Crippen LogP contribution in [0.25, 0.3) is 0 Å². The largest absolute Gasteiger partial charge is 0.465 e. The van der Waals surface area contributed by atoms with Crippen LogP contribution in [-0.2, 0) is 28.7 Å². The maximum absolute atomic E-state index is 12.7. The molecular weight excluding hydrogens is 323 g/mol. The molecule has 0 aromatic carbocycles. The Labute approximate surface area is 138 Å². The first-order valence-electron chi connectivity index (χ1n) is 8.31. The molecule has 0 unspecified atom stereocenters. The first-order chi connectivity index (χ1) is 11.3. The molecule has 2 aliphatic heterocycles. The van der Waals surface area contributed by atoms with Crippen LogP contribution in [-0.4, -0.2) is 47.2 Å². The highest BCUT2D eigenvalue weighted by molar-refractivity contribution is 5.74. The van der Waals surface area contributed by atoms with Crippen molar-refractivity contribution in [1.29, 1.82) is 0 Å². The van der Waals surface area contributed by atoms with Crippen molar-refractivity contribution >= 4 is 5.97 Å². The fourth-order valence-corrected chi connectivity index (χ4v) is 3.51. The first-order valence-corrected chi connectivity index (χ1v) is 8.31. The average molecular weight is 345 g/mol. The molecule has 2 aliphatic rings. The molecule has 1 fully saturated rings. The van der Waals surface area contributed by atoms with Crippen LogP contribution >= 0.6 is 0 Å². The molecule has 1 aromatic heterocycles. The zero-order chi connectivity index (χ0) is 17.3. The fourth-order valence-electron chi connectivity index (χ4n) is 3.51. The van der Waals surface area contributed by atoms with Crippen molar-refractivity contribution in [3.8, 4) is 0 Å². The predicted octanol–water partition coefficient (Wildman–Crippen LogP) is 2.35. The quantitative estimate of drug-likeness (QED) is 0.769. The van der Waals surface area contributed by atoms with Crippen LogP contribution in [0.1, 0.15) is 30.8 Å². The van der Waals surface area contributed by atoms with Crippen molar-refractivity contribution in [2.45, 2.75) is 38.4 Å². The van der Waals surface area contributed by atoms with Gasteiger partial charge >= 0.3 is 12.1 Å². The third-order valence-electron chi connectivity index (χ3n) is 4.85. The molecule has 8 heteroatoms. The number of hydrogen-bond acceptors (Lipinski definition) is 4. The molecule has 5 nitrogen and oxygen atoms in total. The Morgan fingerprint density at radius 2 is 2.21 bits per heavy atom. The summed E-state index contributed by atoms with van der Waals surface area (Å²) in [5.41, 5.74) is -0.800. The molecule has 0 saturated carbocycles. The Balaban J connectivity index is 1.50. The molecular formula is C16H22F3N3O2. The summed E-state index contributed by atoms with van der Waals surface area (Å²) in [7, 11) is 1.99. The van der Waals surface area contributed by atoms with Gasteiger partial charge in [-0.25, -0.2) is 4.98 Å². The van der Waals surface area contributed by atoms with Gasteiger partial charge in [0.15, 0.2) is 5.69 Å². The minimum atomic E-state index is -4.38. The normalized spacial score (nSPS) is 24.3. The Morgan fingerprint density at radius 1 is 1.42 bits per heavy atom. The van der Waals surface area contributed by atoms with Gasteiger partial charge in [0, 0.05) is 25.7 Å². The molecule has 3 rings (SSSR count). The number of esters is 1. The molecule has 1 aromatic rings. The second-order valence-electron chi connectivity index (χ2n) is 6.80. The van der Waals surface area contributed by atoms with Gasteiger partial charge in [-0.1, -0.05) is 0 Å². The number of rotatable bonds is 5. The third kappa shape index (κ3) is 3.91. The summed E-state index contributed by atoms with van der Waals surface area (Å²) in [5, 5.41) is 0. The molecule has 1 saturated heterocycles. The zero-order valence-corrected chi connectivity index (χ0v) is 13.7. The Bertz CT molecular complexity index is 600. The lowest BCUT2D eigenvalue weighted by atomic mass is 9.98. The van der Waals surface area contributed by atoms with Crippen LogP contribution in [0.5, 0.6) is 0 Å². The molecule has 0 N–H and O–H groups in total. The molecule has 24 heavy (non-hydrogen) atoms. The minimum Gasteiger partial charge on any atom is -0.465 e. The van der Waals surface area contributed by atoms with Crippen molar-refractivity contribution in [2.75, 3.05) is 26.7 Å². The van der Waals surface area contributed by atoms with Crippen molar-refractivity contribution in [1.82, 2.24) is 14.5 Å². The van der Waals surface area contributed by atoms with Gasteiger partial charge in [0.2, 0.25) is 0 Å². The van der Waals surface area contributed by atoms with Gasteiger partial charge in [0.05, 0.1) is 12.5 Å². The van der Waals surface area contributed by atoms with Crippen LogP contribution in [0, 0.1) is 11.8 Å². The van der Waals surface area contributed by atoms with Crippen molar-refractivity contribution in [3.63, 3.8) is 0 Å². The number of halogens is 3. The van der Waals surface area contributed by atoms with E-state index in [1.165, 1.54) is 0 Å². The van der Waals surface area contributed by atoms with Crippen LogP contribution < -0.4 is 0 Å². The van der Waals surface area contributed by atoms with Gasteiger partial charge in [-0.15, -0.1) is 0 Å². The minimum absolute atomic E-state index is 0.00611. The van der Waals surface area contributed by atoms with Crippen LogP contribution in [0.2, 0.25) is 0 Å². The summed E-state index contributed by atoms with van der Waals surface area (Å²) in [4.78, 5) is 17.3. The van der Waals surface area contributed by atoms with E-state index in [-0.39, 0.29) is 11.9 Å². The predicted molar refractivity (Wildman–Crippen MR) is 80.2 cm³/mol. The number of imidazole rings is 1. The Kier molecular flexibility index (Phi) is 4.85. The van der Waals surface area contributed by atoms with E-state index in [1.54, 1.807) is 4.57 Å². The van der Waals surface area contributed by atoms with E-state index in [0.29, 0.717) is 31.3 Å². The van der Waals surface area contributed by atoms with E-state index in [0.717, 1.165) is 38.5 Å². The van der Waals surface area contributed by atoms with Crippen molar-refractivity contribution < 1.29 is 22.7 Å².